The van der Waals surface area contributed by atoms with Crippen LogP contribution >= 0.6 is 0 Å². The van der Waals surface area contributed by atoms with Crippen LogP contribution in [0.1, 0.15) is 35.7 Å². The quantitative estimate of drug-likeness (QED) is 0.508. The molecule has 1 aromatic carbocycles. The van der Waals surface area contributed by atoms with Gasteiger partial charge in [0.1, 0.15) is 0 Å². The molecule has 1 aliphatic rings. The number of carbonyl (C=O) groups excluding carboxylic acids is 1. The van der Waals surface area contributed by atoms with Crippen molar-refractivity contribution in [3.63, 3.8) is 0 Å². The van der Waals surface area contributed by atoms with Crippen LogP contribution in [-0.4, -0.2) is 51.4 Å². The Hall–Kier alpha value is -2.09. The molecule has 0 saturated carbocycles. The van der Waals surface area contributed by atoms with Crippen LogP contribution < -0.4 is 16.0 Å². The van der Waals surface area contributed by atoms with Gasteiger partial charge in [0, 0.05) is 31.7 Å². The molecule has 0 aromatic heterocycles. The second-order valence-corrected chi connectivity index (χ2v) is 8.36. The second kappa shape index (κ2) is 8.84. The van der Waals surface area contributed by atoms with Crippen molar-refractivity contribution in [3.8, 4) is 0 Å². The van der Waals surface area contributed by atoms with Gasteiger partial charge in [-0.15, -0.1) is 0 Å². The largest absolute Gasteiger partial charge is 0.353 e. The lowest BCUT2D eigenvalue weighted by atomic mass is 10.1. The topological polar surface area (TPSA) is 99.7 Å². The fourth-order valence-electron chi connectivity index (χ4n) is 2.65. The minimum Gasteiger partial charge on any atom is -0.353 e. The number of hydrogen-bond donors (Lipinski definition) is 3. The lowest BCUT2D eigenvalue weighted by Crippen LogP contribution is -2.43. The maximum atomic E-state index is 12.0. The Kier molecular flexibility index (Phi) is 6.81. The highest BCUT2D eigenvalue weighted by Crippen LogP contribution is 2.11. The van der Waals surface area contributed by atoms with Gasteiger partial charge in [0.2, 0.25) is 0 Å². The Labute approximate surface area is 149 Å². The number of sulfone groups is 1. The van der Waals surface area contributed by atoms with Crippen LogP contribution in [-0.2, 0) is 16.4 Å². The second-order valence-electron chi connectivity index (χ2n) is 6.13. The molecular formula is C17H26N4O3S. The van der Waals surface area contributed by atoms with Crippen molar-refractivity contribution >= 4 is 21.7 Å². The molecule has 2 rings (SSSR count). The summed E-state index contributed by atoms with van der Waals surface area (Å²) in [5.41, 5.74) is 1.57. The highest BCUT2D eigenvalue weighted by Gasteiger charge is 2.28. The first-order chi connectivity index (χ1) is 11.9. The maximum Gasteiger partial charge on any atom is 0.251 e. The normalized spacial score (nSPS) is 19.4. The average Bonchev–Trinajstić information content (AvgIpc) is 2.95. The zero-order chi connectivity index (χ0) is 18.3. The fraction of sp³-hybridized carbons (Fsp3) is 0.529. The minimum absolute atomic E-state index is 0.0811. The minimum atomic E-state index is -2.93. The van der Waals surface area contributed by atoms with E-state index in [1.165, 1.54) is 0 Å². The van der Waals surface area contributed by atoms with E-state index < -0.39 is 9.84 Å². The number of nitrogens with zero attached hydrogens (tertiary/aromatic N) is 1. The molecule has 0 spiro atoms. The molecule has 1 amide bonds. The van der Waals surface area contributed by atoms with Gasteiger partial charge in [0.15, 0.2) is 15.8 Å². The van der Waals surface area contributed by atoms with Crippen molar-refractivity contribution in [2.24, 2.45) is 4.99 Å². The van der Waals surface area contributed by atoms with Crippen molar-refractivity contribution in [3.05, 3.63) is 35.4 Å². The first-order valence-corrected chi connectivity index (χ1v) is 10.3. The van der Waals surface area contributed by atoms with E-state index in [4.69, 9.17) is 0 Å². The van der Waals surface area contributed by atoms with E-state index in [2.05, 4.69) is 20.9 Å². The smallest absolute Gasteiger partial charge is 0.251 e. The van der Waals surface area contributed by atoms with E-state index >= 15 is 0 Å². The number of rotatable bonds is 6. The number of nitrogens with one attached hydrogen (secondary N) is 3. The third kappa shape index (κ3) is 6.04. The molecule has 138 valence electrons. The monoisotopic (exact) mass is 366 g/mol. The van der Waals surface area contributed by atoms with Crippen LogP contribution in [0.4, 0.5) is 0 Å². The zero-order valence-electron chi connectivity index (χ0n) is 14.7. The first-order valence-electron chi connectivity index (χ1n) is 8.48. The van der Waals surface area contributed by atoms with Crippen LogP contribution in [0.5, 0.6) is 0 Å². The lowest BCUT2D eigenvalue weighted by molar-refractivity contribution is 0.0953. The first kappa shape index (κ1) is 19.2. The summed E-state index contributed by atoms with van der Waals surface area (Å²) in [7, 11) is -1.28. The molecule has 25 heavy (non-hydrogen) atoms. The maximum absolute atomic E-state index is 12.0. The molecular weight excluding hydrogens is 340 g/mol. The number of guanidine groups is 1. The third-order valence-corrected chi connectivity index (χ3v) is 5.75. The Bertz CT molecular complexity index is 731. The van der Waals surface area contributed by atoms with Gasteiger partial charge in [-0.1, -0.05) is 19.1 Å². The molecule has 8 heteroatoms. The fourth-order valence-corrected chi connectivity index (χ4v) is 4.32. The van der Waals surface area contributed by atoms with Crippen LogP contribution in [0.2, 0.25) is 0 Å². The van der Waals surface area contributed by atoms with Crippen LogP contribution in [0.25, 0.3) is 0 Å². The Morgan fingerprint density at radius 3 is 2.76 bits per heavy atom. The van der Waals surface area contributed by atoms with Crippen LogP contribution in [0, 0.1) is 0 Å². The SMILES string of the molecule is CCCNC(=O)c1cccc(CNC(=NC)NC2CCS(=O)(=O)C2)c1. The van der Waals surface area contributed by atoms with Gasteiger partial charge >= 0.3 is 0 Å². The third-order valence-electron chi connectivity index (χ3n) is 3.98. The molecule has 1 atom stereocenters. The molecule has 7 nitrogen and oxygen atoms in total. The molecule has 1 aromatic rings. The van der Waals surface area contributed by atoms with Crippen LogP contribution in [0.15, 0.2) is 29.3 Å². The van der Waals surface area contributed by atoms with Gasteiger partial charge in [-0.2, -0.15) is 0 Å². The number of hydrogen-bond acceptors (Lipinski definition) is 4. The molecule has 0 aliphatic carbocycles. The number of carbonyl (C=O) groups is 1. The Morgan fingerprint density at radius 1 is 1.32 bits per heavy atom. The number of amides is 1. The van der Waals surface area contributed by atoms with Crippen molar-refractivity contribution in [1.82, 2.24) is 16.0 Å². The summed E-state index contributed by atoms with van der Waals surface area (Å²) >= 11 is 0. The highest BCUT2D eigenvalue weighted by atomic mass is 32.2. The molecule has 0 radical (unpaired) electrons. The molecule has 1 aliphatic heterocycles. The zero-order valence-corrected chi connectivity index (χ0v) is 15.5. The summed E-state index contributed by atoms with van der Waals surface area (Å²) in [5.74, 6) is 0.836. The van der Waals surface area contributed by atoms with Gasteiger partial charge < -0.3 is 16.0 Å². The van der Waals surface area contributed by atoms with Gasteiger partial charge in [-0.25, -0.2) is 8.42 Å². The van der Waals surface area contributed by atoms with E-state index in [1.807, 2.05) is 25.1 Å². The summed E-state index contributed by atoms with van der Waals surface area (Å²) in [5, 5.41) is 9.15. The lowest BCUT2D eigenvalue weighted by Gasteiger charge is -2.16. The van der Waals surface area contributed by atoms with Gasteiger partial charge in [0.05, 0.1) is 11.5 Å². The number of aliphatic imine (C=N–C) groups is 1. The predicted octanol–water partition coefficient (Wildman–Crippen LogP) is 0.679. The van der Waals surface area contributed by atoms with E-state index in [0.717, 1.165) is 12.0 Å². The summed E-state index contributed by atoms with van der Waals surface area (Å²) < 4.78 is 23.1. The van der Waals surface area contributed by atoms with Gasteiger partial charge in [-0.3, -0.25) is 9.79 Å². The van der Waals surface area contributed by atoms with E-state index in [-0.39, 0.29) is 23.5 Å². The standard InChI is InChI=1S/C17H26N4O3S/c1-3-8-19-16(22)14-6-4-5-13(10-14)11-20-17(18-2)21-15-7-9-25(23,24)12-15/h4-6,10,15H,3,7-9,11-12H2,1-2H3,(H,19,22)(H2,18,20,21). The summed E-state index contributed by atoms with van der Waals surface area (Å²) in [4.78, 5) is 16.1. The molecule has 1 heterocycles. The molecule has 1 saturated heterocycles. The molecule has 3 N–H and O–H groups in total. The Balaban J connectivity index is 1.90. The van der Waals surface area contributed by atoms with Crippen molar-refractivity contribution < 1.29 is 13.2 Å². The average molecular weight is 366 g/mol. The van der Waals surface area contributed by atoms with Gasteiger partial charge in [-0.05, 0) is 30.5 Å². The van der Waals surface area contributed by atoms with E-state index in [1.54, 1.807) is 13.1 Å². The molecule has 1 fully saturated rings. The van der Waals surface area contributed by atoms with E-state index in [9.17, 15) is 13.2 Å². The van der Waals surface area contributed by atoms with Crippen molar-refractivity contribution in [2.75, 3.05) is 25.1 Å². The number of benzene rings is 1. The van der Waals surface area contributed by atoms with Gasteiger partial charge in [0.25, 0.3) is 5.91 Å². The molecule has 0 bridgehead atoms. The van der Waals surface area contributed by atoms with Crippen molar-refractivity contribution in [1.29, 1.82) is 0 Å². The van der Waals surface area contributed by atoms with Crippen LogP contribution in [0.3, 0.4) is 0 Å². The van der Waals surface area contributed by atoms with Crippen molar-refractivity contribution in [2.45, 2.75) is 32.4 Å². The summed E-state index contributed by atoms with van der Waals surface area (Å²) in [6, 6.07) is 7.28. The summed E-state index contributed by atoms with van der Waals surface area (Å²) in [6.45, 7) is 3.16. The van der Waals surface area contributed by atoms with E-state index in [0.29, 0.717) is 31.0 Å². The predicted molar refractivity (Wildman–Crippen MR) is 99.5 cm³/mol. The molecule has 1 unspecified atom stereocenters. The Morgan fingerprint density at radius 2 is 2.12 bits per heavy atom. The summed E-state index contributed by atoms with van der Waals surface area (Å²) in [6.07, 6.45) is 1.49. The highest BCUT2D eigenvalue weighted by molar-refractivity contribution is 7.91.